The minimum atomic E-state index is -0.966. The van der Waals surface area contributed by atoms with Gasteiger partial charge in [0.2, 0.25) is 17.5 Å². The van der Waals surface area contributed by atoms with Crippen LogP contribution in [-0.4, -0.2) is 125 Å². The summed E-state index contributed by atoms with van der Waals surface area (Å²) in [4.78, 5) is 76.6. The predicted octanol–water partition coefficient (Wildman–Crippen LogP) is 3.97. The summed E-state index contributed by atoms with van der Waals surface area (Å²) in [6, 6.07) is 11.1. The molecule has 5 fully saturated rings. The summed E-state index contributed by atoms with van der Waals surface area (Å²) in [5.74, 6) is -1.11. The number of nitrogens with one attached hydrogen (secondary N) is 1. The van der Waals surface area contributed by atoms with Gasteiger partial charge in [0, 0.05) is 93.8 Å². The zero-order valence-corrected chi connectivity index (χ0v) is 32.2. The van der Waals surface area contributed by atoms with Gasteiger partial charge >= 0.3 is 0 Å². The van der Waals surface area contributed by atoms with Gasteiger partial charge in [-0.1, -0.05) is 17.7 Å². The number of carbonyl (C=O) groups excluding carboxylic acids is 4. The Kier molecular flexibility index (Phi) is 9.42. The molecule has 1 unspecified atom stereocenters. The second-order valence-electron chi connectivity index (χ2n) is 16.3. The number of hydrogen-bond acceptors (Lipinski definition) is 11. The van der Waals surface area contributed by atoms with Gasteiger partial charge < -0.3 is 14.7 Å². The number of amides is 4. The standard InChI is InChI=1S/C41H45ClN10O4/c1-26-19-41(25-51(26)28-4-6-34(43-2)33(42)18-28)9-11-48(12-10-41)29-20-44-36(45-21-29)24-47-22-30(23-47)50-15-13-49(14-16-50)27-3-5-31-32(17-27)40(56)52(39(31)55)35-7-8-37(53)46-38(35)54/h3-6,17-18,20-21,26,30,35H,7-16,19,22-25H2,1H3,(H,46,53,54)/t26-,35?/m0/s1. The highest BCUT2D eigenvalue weighted by Gasteiger charge is 2.46. The maximum absolute atomic E-state index is 13.3. The van der Waals surface area contributed by atoms with E-state index in [1.165, 1.54) is 0 Å². The molecule has 1 aromatic heterocycles. The van der Waals surface area contributed by atoms with Crippen LogP contribution >= 0.6 is 11.6 Å². The van der Waals surface area contributed by atoms with Gasteiger partial charge in [-0.25, -0.2) is 14.8 Å². The van der Waals surface area contributed by atoms with Crippen LogP contribution in [0.1, 0.15) is 65.6 Å². The highest BCUT2D eigenvalue weighted by Crippen LogP contribution is 2.46. The number of halogens is 1. The van der Waals surface area contributed by atoms with E-state index in [0.717, 1.165) is 112 Å². The van der Waals surface area contributed by atoms with Crippen LogP contribution in [-0.2, 0) is 16.1 Å². The first kappa shape index (κ1) is 36.5. The Balaban J connectivity index is 0.724. The van der Waals surface area contributed by atoms with E-state index in [2.05, 4.69) is 41.6 Å². The molecule has 4 amide bonds. The maximum atomic E-state index is 13.3. The van der Waals surface area contributed by atoms with Crippen molar-refractivity contribution in [3.05, 3.63) is 82.2 Å². The number of hydrogen-bond donors (Lipinski definition) is 1. The Morgan fingerprint density at radius 1 is 0.875 bits per heavy atom. The summed E-state index contributed by atoms with van der Waals surface area (Å²) in [6.07, 6.45) is 7.59. The molecular formula is C41H45ClN10O4. The van der Waals surface area contributed by atoms with Crippen LogP contribution in [0, 0.1) is 12.0 Å². The summed E-state index contributed by atoms with van der Waals surface area (Å²) in [5, 5.41) is 2.77. The van der Waals surface area contributed by atoms with E-state index in [1.807, 2.05) is 36.7 Å². The lowest BCUT2D eigenvalue weighted by atomic mass is 9.76. The van der Waals surface area contributed by atoms with Crippen molar-refractivity contribution in [2.24, 2.45) is 5.41 Å². The Labute approximate surface area is 331 Å². The number of imide groups is 2. The first-order chi connectivity index (χ1) is 27.1. The van der Waals surface area contributed by atoms with E-state index in [1.54, 1.807) is 12.1 Å². The third-order valence-electron chi connectivity index (χ3n) is 13.0. The van der Waals surface area contributed by atoms with Crippen LogP contribution in [0.2, 0.25) is 5.02 Å². The van der Waals surface area contributed by atoms with Crippen LogP contribution in [0.25, 0.3) is 4.85 Å². The summed E-state index contributed by atoms with van der Waals surface area (Å²) in [6.45, 7) is 18.6. The molecule has 0 bridgehead atoms. The SMILES string of the molecule is [C-]#[N+]c1ccc(N2CC3(CCN(c4cnc(CN5CC(N6CCN(c7ccc8c(c7)C(=O)N(C7CCC(=O)NC7=O)C8=O)CC6)C5)nc4)CC3)C[C@@H]2C)cc1Cl. The van der Waals surface area contributed by atoms with E-state index in [4.69, 9.17) is 28.1 Å². The molecule has 0 saturated carbocycles. The Hall–Kier alpha value is -5.10. The number of aromatic nitrogens is 2. The molecule has 56 heavy (non-hydrogen) atoms. The Bertz CT molecular complexity index is 2120. The second kappa shape index (κ2) is 14.4. The van der Waals surface area contributed by atoms with Crippen LogP contribution < -0.4 is 20.0 Å². The van der Waals surface area contributed by atoms with Crippen molar-refractivity contribution in [2.75, 3.05) is 73.6 Å². The Morgan fingerprint density at radius 2 is 1.57 bits per heavy atom. The van der Waals surface area contributed by atoms with Crippen LogP contribution in [0.15, 0.2) is 48.8 Å². The van der Waals surface area contributed by atoms with Gasteiger partial charge in [0.15, 0.2) is 0 Å². The van der Waals surface area contributed by atoms with Gasteiger partial charge in [-0.2, -0.15) is 0 Å². The topological polar surface area (TPSA) is 130 Å². The van der Waals surface area contributed by atoms with Gasteiger partial charge in [-0.15, -0.1) is 0 Å². The lowest BCUT2D eigenvalue weighted by Gasteiger charge is -2.48. The van der Waals surface area contributed by atoms with Gasteiger partial charge in [-0.05, 0) is 68.4 Å². The fourth-order valence-electron chi connectivity index (χ4n) is 9.73. The highest BCUT2D eigenvalue weighted by molar-refractivity contribution is 6.33. The molecule has 15 heteroatoms. The summed E-state index contributed by atoms with van der Waals surface area (Å²) < 4.78 is 0. The molecule has 6 aliphatic rings. The lowest BCUT2D eigenvalue weighted by molar-refractivity contribution is -0.136. The number of nitrogens with zero attached hydrogens (tertiary/aromatic N) is 9. The van der Waals surface area contributed by atoms with Crippen LogP contribution in [0.5, 0.6) is 0 Å². The number of benzene rings is 2. The minimum absolute atomic E-state index is 0.0978. The van der Waals surface area contributed by atoms with Crippen LogP contribution in [0.3, 0.4) is 0 Å². The van der Waals surface area contributed by atoms with E-state index in [9.17, 15) is 19.2 Å². The molecule has 0 aliphatic carbocycles. The fraction of sp³-hybridized carbons (Fsp3) is 0.488. The first-order valence-electron chi connectivity index (χ1n) is 19.6. The van der Waals surface area contributed by atoms with E-state index >= 15 is 0 Å². The lowest BCUT2D eigenvalue weighted by Crippen LogP contribution is -2.62. The van der Waals surface area contributed by atoms with Crippen molar-refractivity contribution in [3.63, 3.8) is 0 Å². The third kappa shape index (κ3) is 6.65. The van der Waals surface area contributed by atoms with Crippen molar-refractivity contribution in [1.82, 2.24) is 30.0 Å². The number of carbonyl (C=O) groups is 4. The second-order valence-corrected chi connectivity index (χ2v) is 16.7. The summed E-state index contributed by atoms with van der Waals surface area (Å²) in [5.41, 5.74) is 4.46. The molecule has 0 radical (unpaired) electrons. The van der Waals surface area contributed by atoms with Crippen molar-refractivity contribution in [2.45, 2.75) is 63.7 Å². The van der Waals surface area contributed by atoms with E-state index in [-0.39, 0.29) is 24.2 Å². The molecule has 5 saturated heterocycles. The summed E-state index contributed by atoms with van der Waals surface area (Å²) >= 11 is 6.38. The number of piperidine rings is 2. The van der Waals surface area contributed by atoms with Gasteiger partial charge in [0.25, 0.3) is 11.8 Å². The number of likely N-dealkylation sites (tertiary alicyclic amines) is 1. The highest BCUT2D eigenvalue weighted by atomic mass is 35.5. The number of anilines is 3. The molecule has 2 atom stereocenters. The monoisotopic (exact) mass is 776 g/mol. The van der Waals surface area contributed by atoms with E-state index in [0.29, 0.717) is 33.9 Å². The molecule has 290 valence electrons. The molecule has 3 aromatic rings. The quantitative estimate of drug-likeness (QED) is 0.277. The van der Waals surface area contributed by atoms with Gasteiger partial charge in [0.05, 0.1) is 42.3 Å². The predicted molar refractivity (Wildman–Crippen MR) is 211 cm³/mol. The van der Waals surface area contributed by atoms with Gasteiger partial charge in [0.1, 0.15) is 11.9 Å². The largest absolute Gasteiger partial charge is 0.369 e. The molecule has 7 heterocycles. The number of rotatable bonds is 7. The minimum Gasteiger partial charge on any atom is -0.369 e. The zero-order valence-electron chi connectivity index (χ0n) is 31.5. The Morgan fingerprint density at radius 3 is 2.27 bits per heavy atom. The smallest absolute Gasteiger partial charge is 0.262 e. The molecule has 9 rings (SSSR count). The molecular weight excluding hydrogens is 732 g/mol. The average molecular weight is 777 g/mol. The first-order valence-corrected chi connectivity index (χ1v) is 20.0. The van der Waals surface area contributed by atoms with E-state index < -0.39 is 23.8 Å². The molecule has 6 aliphatic heterocycles. The van der Waals surface area contributed by atoms with Crippen molar-refractivity contribution < 1.29 is 19.2 Å². The molecule has 2 aromatic carbocycles. The van der Waals surface area contributed by atoms with Crippen LogP contribution in [0.4, 0.5) is 22.7 Å². The van der Waals surface area contributed by atoms with Crippen molar-refractivity contribution >= 4 is 58.0 Å². The number of piperazine rings is 1. The molecule has 1 N–H and O–H groups in total. The fourth-order valence-corrected chi connectivity index (χ4v) is 9.94. The zero-order chi connectivity index (χ0) is 38.7. The molecule has 14 nitrogen and oxygen atoms in total. The summed E-state index contributed by atoms with van der Waals surface area (Å²) in [7, 11) is 0. The van der Waals surface area contributed by atoms with Gasteiger partial charge in [-0.3, -0.25) is 39.2 Å². The normalized spacial score (nSPS) is 24.4. The number of fused-ring (bicyclic) bond motifs is 1. The van der Waals surface area contributed by atoms with Crippen molar-refractivity contribution in [3.8, 4) is 0 Å². The maximum Gasteiger partial charge on any atom is 0.262 e. The third-order valence-corrected chi connectivity index (χ3v) is 13.3. The van der Waals surface area contributed by atoms with Crippen molar-refractivity contribution in [1.29, 1.82) is 0 Å². The average Bonchev–Trinajstić information content (AvgIpc) is 3.64. The molecule has 1 spiro atoms.